The molecule has 2 N–H and O–H groups in total. The summed E-state index contributed by atoms with van der Waals surface area (Å²) < 4.78 is 28.0. The van der Waals surface area contributed by atoms with Gasteiger partial charge in [-0.15, -0.1) is 0 Å². The number of aromatic nitrogens is 1. The van der Waals surface area contributed by atoms with Gasteiger partial charge in [-0.2, -0.15) is 0 Å². The molecule has 1 saturated carbocycles. The second kappa shape index (κ2) is 7.69. The summed E-state index contributed by atoms with van der Waals surface area (Å²) in [5.41, 5.74) is 1.55. The topological polar surface area (TPSA) is 88.2 Å². The molecule has 1 aliphatic carbocycles. The van der Waals surface area contributed by atoms with Crippen molar-refractivity contribution in [1.82, 2.24) is 9.71 Å². The molecule has 144 valence electrons. The van der Waals surface area contributed by atoms with Gasteiger partial charge in [0.25, 0.3) is 5.91 Å². The maximum Gasteiger partial charge on any atom is 0.255 e. The molecule has 6 nitrogen and oxygen atoms in total. The van der Waals surface area contributed by atoms with E-state index >= 15 is 0 Å². The molecule has 1 fully saturated rings. The number of hydrogen-bond donors (Lipinski definition) is 2. The highest BCUT2D eigenvalue weighted by Crippen LogP contribution is 2.23. The quantitative estimate of drug-likeness (QED) is 0.689. The van der Waals surface area contributed by atoms with Gasteiger partial charge in [0, 0.05) is 23.2 Å². The fraction of sp³-hybridized carbons (Fsp3) is 0.238. The van der Waals surface area contributed by atoms with Crippen LogP contribution in [0.1, 0.15) is 36.0 Å². The van der Waals surface area contributed by atoms with Crippen LogP contribution in [0.3, 0.4) is 0 Å². The highest BCUT2D eigenvalue weighted by Gasteiger charge is 2.23. The van der Waals surface area contributed by atoms with Crippen LogP contribution >= 0.6 is 0 Å². The minimum Gasteiger partial charge on any atom is -0.320 e. The molecule has 0 bridgehead atoms. The van der Waals surface area contributed by atoms with Crippen LogP contribution in [0.15, 0.2) is 65.7 Å². The van der Waals surface area contributed by atoms with Crippen molar-refractivity contribution < 1.29 is 13.2 Å². The van der Waals surface area contributed by atoms with Gasteiger partial charge in [-0.1, -0.05) is 37.1 Å². The molecule has 1 heterocycles. The van der Waals surface area contributed by atoms with E-state index in [-0.39, 0.29) is 22.4 Å². The predicted octanol–water partition coefficient (Wildman–Crippen LogP) is 3.71. The van der Waals surface area contributed by atoms with Crippen molar-refractivity contribution in [2.24, 2.45) is 0 Å². The third-order valence-corrected chi connectivity index (χ3v) is 6.48. The average Bonchev–Trinajstić information content (AvgIpc) is 3.21. The molecule has 1 aliphatic rings. The SMILES string of the molecule is O=C(Nc1cccc2cccnc12)c1cccc(S(=O)(=O)NC2CCCC2)c1. The lowest BCUT2D eigenvalue weighted by Crippen LogP contribution is -2.32. The number of rotatable bonds is 5. The zero-order valence-electron chi connectivity index (χ0n) is 15.3. The van der Waals surface area contributed by atoms with Crippen LogP contribution in [0.25, 0.3) is 10.9 Å². The summed E-state index contributed by atoms with van der Waals surface area (Å²) in [4.78, 5) is 17.1. The molecular weight excluding hydrogens is 374 g/mol. The number of benzene rings is 2. The summed E-state index contributed by atoms with van der Waals surface area (Å²) in [5, 5.41) is 3.75. The second-order valence-electron chi connectivity index (χ2n) is 6.97. The van der Waals surface area contributed by atoms with Crippen molar-refractivity contribution in [3.05, 3.63) is 66.4 Å². The Morgan fingerprint density at radius 1 is 1.00 bits per heavy atom. The summed E-state index contributed by atoms with van der Waals surface area (Å²) in [6.07, 6.45) is 5.45. The molecule has 0 saturated heterocycles. The number of pyridine rings is 1. The first-order chi connectivity index (χ1) is 13.5. The first-order valence-corrected chi connectivity index (χ1v) is 10.8. The van der Waals surface area contributed by atoms with Gasteiger partial charge in [-0.3, -0.25) is 9.78 Å². The third-order valence-electron chi connectivity index (χ3n) is 4.96. The Labute approximate surface area is 164 Å². The molecule has 1 aromatic heterocycles. The number of anilines is 1. The van der Waals surface area contributed by atoms with E-state index in [0.717, 1.165) is 31.1 Å². The Bertz CT molecular complexity index is 1120. The van der Waals surface area contributed by atoms with E-state index in [9.17, 15) is 13.2 Å². The molecule has 0 unspecified atom stereocenters. The zero-order valence-corrected chi connectivity index (χ0v) is 16.1. The van der Waals surface area contributed by atoms with E-state index in [1.165, 1.54) is 12.1 Å². The van der Waals surface area contributed by atoms with Crippen LogP contribution in [-0.4, -0.2) is 25.4 Å². The van der Waals surface area contributed by atoms with Gasteiger partial charge in [-0.05, 0) is 43.2 Å². The van der Waals surface area contributed by atoms with Gasteiger partial charge in [0.2, 0.25) is 10.0 Å². The molecule has 0 spiro atoms. The molecule has 2 aromatic carbocycles. The number of sulfonamides is 1. The smallest absolute Gasteiger partial charge is 0.255 e. The van der Waals surface area contributed by atoms with Gasteiger partial charge in [-0.25, -0.2) is 13.1 Å². The van der Waals surface area contributed by atoms with Crippen LogP contribution in [0.4, 0.5) is 5.69 Å². The minimum atomic E-state index is -3.65. The number of fused-ring (bicyclic) bond motifs is 1. The first-order valence-electron chi connectivity index (χ1n) is 9.30. The number of nitrogens with one attached hydrogen (secondary N) is 2. The van der Waals surface area contributed by atoms with Gasteiger partial charge in [0.15, 0.2) is 0 Å². The molecule has 3 aromatic rings. The van der Waals surface area contributed by atoms with Crippen molar-refractivity contribution in [3.63, 3.8) is 0 Å². The normalized spacial score (nSPS) is 15.0. The molecule has 0 radical (unpaired) electrons. The Hall–Kier alpha value is -2.77. The Morgan fingerprint density at radius 3 is 2.57 bits per heavy atom. The van der Waals surface area contributed by atoms with Crippen molar-refractivity contribution in [2.45, 2.75) is 36.6 Å². The Morgan fingerprint density at radius 2 is 1.75 bits per heavy atom. The van der Waals surface area contributed by atoms with Crippen molar-refractivity contribution in [2.75, 3.05) is 5.32 Å². The number of carbonyl (C=O) groups is 1. The Kier molecular flexibility index (Phi) is 5.11. The van der Waals surface area contributed by atoms with Crippen LogP contribution < -0.4 is 10.0 Å². The summed E-state index contributed by atoms with van der Waals surface area (Å²) in [6.45, 7) is 0. The summed E-state index contributed by atoms with van der Waals surface area (Å²) >= 11 is 0. The monoisotopic (exact) mass is 395 g/mol. The van der Waals surface area contributed by atoms with Crippen molar-refractivity contribution in [1.29, 1.82) is 0 Å². The van der Waals surface area contributed by atoms with E-state index in [1.54, 1.807) is 24.4 Å². The van der Waals surface area contributed by atoms with E-state index in [2.05, 4.69) is 15.0 Å². The lowest BCUT2D eigenvalue weighted by molar-refractivity contribution is 0.102. The fourth-order valence-electron chi connectivity index (χ4n) is 3.54. The minimum absolute atomic E-state index is 0.0239. The lowest BCUT2D eigenvalue weighted by atomic mass is 10.1. The van der Waals surface area contributed by atoms with E-state index in [4.69, 9.17) is 0 Å². The molecule has 1 amide bonds. The predicted molar refractivity (Wildman–Crippen MR) is 109 cm³/mol. The number of hydrogen-bond acceptors (Lipinski definition) is 4. The van der Waals surface area contributed by atoms with Gasteiger partial charge in [0.05, 0.1) is 16.1 Å². The van der Waals surface area contributed by atoms with Crippen molar-refractivity contribution >= 4 is 32.5 Å². The largest absolute Gasteiger partial charge is 0.320 e. The molecular formula is C21H21N3O3S. The lowest BCUT2D eigenvalue weighted by Gasteiger charge is -2.13. The summed E-state index contributed by atoms with van der Waals surface area (Å²) in [7, 11) is -3.65. The van der Waals surface area contributed by atoms with Gasteiger partial charge < -0.3 is 5.32 Å². The van der Waals surface area contributed by atoms with Crippen LogP contribution in [-0.2, 0) is 10.0 Å². The number of carbonyl (C=O) groups excluding carboxylic acids is 1. The maximum atomic E-state index is 12.7. The molecule has 4 rings (SSSR count). The van der Waals surface area contributed by atoms with Gasteiger partial charge >= 0.3 is 0 Å². The fourth-order valence-corrected chi connectivity index (χ4v) is 4.89. The van der Waals surface area contributed by atoms with Crippen LogP contribution in [0.5, 0.6) is 0 Å². The summed E-state index contributed by atoms with van der Waals surface area (Å²) in [6, 6.07) is 15.4. The average molecular weight is 395 g/mol. The number of nitrogens with zero attached hydrogens (tertiary/aromatic N) is 1. The van der Waals surface area contributed by atoms with Crippen LogP contribution in [0.2, 0.25) is 0 Å². The second-order valence-corrected chi connectivity index (χ2v) is 8.68. The molecule has 28 heavy (non-hydrogen) atoms. The molecule has 7 heteroatoms. The van der Waals surface area contributed by atoms with Gasteiger partial charge in [0.1, 0.15) is 0 Å². The Balaban J connectivity index is 1.57. The number of para-hydroxylation sites is 1. The summed E-state index contributed by atoms with van der Waals surface area (Å²) in [5.74, 6) is -0.379. The van der Waals surface area contributed by atoms with E-state index in [1.807, 2.05) is 24.3 Å². The molecule has 0 aliphatic heterocycles. The zero-order chi connectivity index (χ0) is 19.6. The highest BCUT2D eigenvalue weighted by molar-refractivity contribution is 7.89. The highest BCUT2D eigenvalue weighted by atomic mass is 32.2. The van der Waals surface area contributed by atoms with E-state index in [0.29, 0.717) is 11.2 Å². The van der Waals surface area contributed by atoms with E-state index < -0.39 is 10.0 Å². The molecule has 0 atom stereocenters. The number of amides is 1. The third kappa shape index (κ3) is 3.90. The van der Waals surface area contributed by atoms with Crippen LogP contribution in [0, 0.1) is 0 Å². The standard InChI is InChI=1S/C21H21N3O3S/c25-21(23-19-12-4-6-15-8-5-13-22-20(15)19)16-7-3-11-18(14-16)28(26,27)24-17-9-1-2-10-17/h3-8,11-14,17,24H,1-2,9-10H2,(H,23,25). The maximum absolute atomic E-state index is 12.7. The first kappa shape index (κ1) is 18.6. The van der Waals surface area contributed by atoms with Crippen molar-refractivity contribution in [3.8, 4) is 0 Å².